The molecule has 0 bridgehead atoms. The number of carbonyl (C=O) groups excluding carboxylic acids is 1. The van der Waals surface area contributed by atoms with Crippen LogP contribution < -0.4 is 0 Å². The maximum atomic E-state index is 12.6. The normalized spacial score (nSPS) is 24.7. The molecule has 2 aliphatic heterocycles. The van der Waals surface area contributed by atoms with Crippen LogP contribution in [-0.2, 0) is 9.53 Å². The topological polar surface area (TPSA) is 53.0 Å². The van der Waals surface area contributed by atoms with Crippen molar-refractivity contribution in [1.29, 1.82) is 0 Å². The second kappa shape index (κ2) is 7.56. The van der Waals surface area contributed by atoms with Crippen LogP contribution in [-0.4, -0.2) is 72.4 Å². The van der Waals surface area contributed by atoms with Crippen molar-refractivity contribution in [3.05, 3.63) is 0 Å². The minimum absolute atomic E-state index is 0.171. The summed E-state index contributed by atoms with van der Waals surface area (Å²) in [5.41, 5.74) is -0.708. The maximum Gasteiger partial charge on any atom is 0.239 e. The van der Waals surface area contributed by atoms with Gasteiger partial charge in [0, 0.05) is 45.7 Å². The number of aliphatic hydroxyl groups is 1. The lowest BCUT2D eigenvalue weighted by Gasteiger charge is -2.38. The molecule has 0 saturated carbocycles. The molecular formula is C16H30N2O3. The fourth-order valence-electron chi connectivity index (χ4n) is 3.25. The van der Waals surface area contributed by atoms with Crippen LogP contribution in [0.3, 0.4) is 0 Å². The van der Waals surface area contributed by atoms with E-state index in [1.54, 1.807) is 0 Å². The van der Waals surface area contributed by atoms with E-state index in [0.717, 1.165) is 25.9 Å². The van der Waals surface area contributed by atoms with Gasteiger partial charge in [-0.3, -0.25) is 9.69 Å². The van der Waals surface area contributed by atoms with E-state index in [2.05, 4.69) is 0 Å². The van der Waals surface area contributed by atoms with Gasteiger partial charge >= 0.3 is 0 Å². The third-order valence-electron chi connectivity index (χ3n) is 4.90. The molecule has 1 N–H and O–H groups in total. The van der Waals surface area contributed by atoms with Gasteiger partial charge in [-0.1, -0.05) is 12.8 Å². The molecule has 2 aliphatic rings. The van der Waals surface area contributed by atoms with Crippen LogP contribution in [0.1, 0.15) is 45.4 Å². The highest BCUT2D eigenvalue weighted by atomic mass is 16.5. The minimum atomic E-state index is -0.708. The molecule has 2 rings (SSSR count). The number of rotatable bonds is 4. The van der Waals surface area contributed by atoms with Crippen LogP contribution in [0, 0.1) is 0 Å². The Morgan fingerprint density at radius 1 is 1.24 bits per heavy atom. The molecule has 0 aliphatic carbocycles. The van der Waals surface area contributed by atoms with Gasteiger partial charge in [0.1, 0.15) is 0 Å². The molecule has 0 aromatic rings. The van der Waals surface area contributed by atoms with Crippen LogP contribution in [0.25, 0.3) is 0 Å². The number of hydrogen-bond donors (Lipinski definition) is 1. The summed E-state index contributed by atoms with van der Waals surface area (Å²) in [5.74, 6) is 0.204. The van der Waals surface area contributed by atoms with Crippen LogP contribution in [0.4, 0.5) is 0 Å². The molecule has 2 heterocycles. The molecule has 1 unspecified atom stereocenters. The lowest BCUT2D eigenvalue weighted by Crippen LogP contribution is -2.52. The quantitative estimate of drug-likeness (QED) is 0.849. The van der Waals surface area contributed by atoms with E-state index in [0.29, 0.717) is 32.6 Å². The predicted molar refractivity (Wildman–Crippen MR) is 82.1 cm³/mol. The zero-order chi connectivity index (χ0) is 15.3. The monoisotopic (exact) mass is 298 g/mol. The lowest BCUT2D eigenvalue weighted by molar-refractivity contribution is -0.138. The number of nitrogens with zero attached hydrogens (tertiary/aromatic N) is 2. The van der Waals surface area contributed by atoms with E-state index in [1.165, 1.54) is 12.8 Å². The highest BCUT2D eigenvalue weighted by Gasteiger charge is 2.34. The standard InChI is InChI=1S/C16H30N2O3/c1-14(15(19)18-9-5-3-4-6-10-18)17(2)13-16(20)7-11-21-12-8-16/h14,20H,3-13H2,1-2H3. The molecule has 0 spiro atoms. The molecule has 5 heteroatoms. The van der Waals surface area contributed by atoms with Crippen molar-refractivity contribution in [3.63, 3.8) is 0 Å². The van der Waals surface area contributed by atoms with Gasteiger partial charge < -0.3 is 14.7 Å². The van der Waals surface area contributed by atoms with Crippen molar-refractivity contribution in [1.82, 2.24) is 9.80 Å². The second-order valence-corrected chi connectivity index (χ2v) is 6.67. The lowest BCUT2D eigenvalue weighted by atomic mass is 9.93. The summed E-state index contributed by atoms with van der Waals surface area (Å²) < 4.78 is 5.31. The van der Waals surface area contributed by atoms with Gasteiger partial charge in [0.2, 0.25) is 5.91 Å². The van der Waals surface area contributed by atoms with E-state index in [9.17, 15) is 9.90 Å². The first-order chi connectivity index (χ1) is 10.0. The smallest absolute Gasteiger partial charge is 0.239 e. The Hall–Kier alpha value is -0.650. The molecule has 1 atom stereocenters. The average molecular weight is 298 g/mol. The second-order valence-electron chi connectivity index (χ2n) is 6.67. The number of ether oxygens (including phenoxy) is 1. The van der Waals surface area contributed by atoms with Crippen LogP contribution >= 0.6 is 0 Å². The van der Waals surface area contributed by atoms with Gasteiger partial charge in [0.05, 0.1) is 11.6 Å². The highest BCUT2D eigenvalue weighted by Crippen LogP contribution is 2.22. The number of likely N-dealkylation sites (tertiary alicyclic amines) is 1. The zero-order valence-electron chi connectivity index (χ0n) is 13.5. The van der Waals surface area contributed by atoms with Crippen molar-refractivity contribution in [3.8, 4) is 0 Å². The van der Waals surface area contributed by atoms with Crippen molar-refractivity contribution < 1.29 is 14.6 Å². The van der Waals surface area contributed by atoms with Crippen molar-refractivity contribution >= 4 is 5.91 Å². The fourth-order valence-corrected chi connectivity index (χ4v) is 3.25. The van der Waals surface area contributed by atoms with Gasteiger partial charge in [-0.2, -0.15) is 0 Å². The Kier molecular flexibility index (Phi) is 6.02. The summed E-state index contributed by atoms with van der Waals surface area (Å²) in [6.45, 7) is 5.48. The van der Waals surface area contributed by atoms with Crippen LogP contribution in [0.2, 0.25) is 0 Å². The van der Waals surface area contributed by atoms with Crippen LogP contribution in [0.5, 0.6) is 0 Å². The summed E-state index contributed by atoms with van der Waals surface area (Å²) >= 11 is 0. The summed E-state index contributed by atoms with van der Waals surface area (Å²) in [6, 6.07) is -0.171. The van der Waals surface area contributed by atoms with Gasteiger partial charge in [-0.15, -0.1) is 0 Å². The molecule has 5 nitrogen and oxygen atoms in total. The van der Waals surface area contributed by atoms with E-state index < -0.39 is 5.60 Å². The first kappa shape index (κ1) is 16.7. The van der Waals surface area contributed by atoms with Gasteiger partial charge in [0.25, 0.3) is 0 Å². The average Bonchev–Trinajstić information content (AvgIpc) is 2.75. The first-order valence-electron chi connectivity index (χ1n) is 8.31. The Labute approximate surface area is 128 Å². The Bertz CT molecular complexity index is 334. The number of hydrogen-bond acceptors (Lipinski definition) is 4. The molecule has 1 amide bonds. The third kappa shape index (κ3) is 4.66. The van der Waals surface area contributed by atoms with Crippen LogP contribution in [0.15, 0.2) is 0 Å². The Balaban J connectivity index is 1.88. The van der Waals surface area contributed by atoms with Gasteiger partial charge in [-0.05, 0) is 26.8 Å². The number of likely N-dealkylation sites (N-methyl/N-ethyl adjacent to an activating group) is 1. The molecule has 2 saturated heterocycles. The summed E-state index contributed by atoms with van der Waals surface area (Å²) in [5, 5.41) is 10.6. The summed E-state index contributed by atoms with van der Waals surface area (Å²) in [6.07, 6.45) is 6.00. The Morgan fingerprint density at radius 3 is 2.38 bits per heavy atom. The first-order valence-corrected chi connectivity index (χ1v) is 8.31. The summed E-state index contributed by atoms with van der Waals surface area (Å²) in [4.78, 5) is 16.6. The van der Waals surface area contributed by atoms with E-state index in [1.807, 2.05) is 23.8 Å². The largest absolute Gasteiger partial charge is 0.388 e. The molecular weight excluding hydrogens is 268 g/mol. The van der Waals surface area contributed by atoms with Crippen molar-refractivity contribution in [2.75, 3.05) is 39.9 Å². The van der Waals surface area contributed by atoms with Crippen molar-refractivity contribution in [2.45, 2.75) is 57.1 Å². The van der Waals surface area contributed by atoms with E-state index >= 15 is 0 Å². The van der Waals surface area contributed by atoms with Crippen molar-refractivity contribution in [2.24, 2.45) is 0 Å². The van der Waals surface area contributed by atoms with E-state index in [4.69, 9.17) is 4.74 Å². The summed E-state index contributed by atoms with van der Waals surface area (Å²) in [7, 11) is 1.94. The third-order valence-corrected chi connectivity index (χ3v) is 4.90. The number of amides is 1. The maximum absolute atomic E-state index is 12.6. The predicted octanol–water partition coefficient (Wildman–Crippen LogP) is 1.25. The molecule has 122 valence electrons. The number of carbonyl (C=O) groups is 1. The minimum Gasteiger partial charge on any atom is -0.388 e. The molecule has 21 heavy (non-hydrogen) atoms. The van der Waals surface area contributed by atoms with E-state index in [-0.39, 0.29) is 11.9 Å². The molecule has 0 radical (unpaired) electrons. The van der Waals surface area contributed by atoms with Gasteiger partial charge in [-0.25, -0.2) is 0 Å². The molecule has 2 fully saturated rings. The highest BCUT2D eigenvalue weighted by molar-refractivity contribution is 5.81. The molecule has 0 aromatic carbocycles. The fraction of sp³-hybridized carbons (Fsp3) is 0.938. The molecule has 0 aromatic heterocycles. The van der Waals surface area contributed by atoms with Gasteiger partial charge in [0.15, 0.2) is 0 Å². The SMILES string of the molecule is CC(C(=O)N1CCCCCC1)N(C)CC1(O)CCOCC1. The zero-order valence-corrected chi connectivity index (χ0v) is 13.5. The Morgan fingerprint density at radius 2 is 1.81 bits per heavy atom.